The Balaban J connectivity index is 2.42. The normalized spacial score (nSPS) is 11.5. The molecule has 0 fully saturated rings. The molecular formula is C9H9BrClN5O2S. The van der Waals surface area contributed by atoms with E-state index >= 15 is 0 Å². The van der Waals surface area contributed by atoms with Crippen molar-refractivity contribution >= 4 is 49.1 Å². The summed E-state index contributed by atoms with van der Waals surface area (Å²) >= 11 is 9.01. The van der Waals surface area contributed by atoms with Gasteiger partial charge in [0.05, 0.1) is 5.69 Å². The number of nitrogens with two attached hydrogens (primary N) is 1. The molecule has 2 aromatic heterocycles. The fraction of sp³-hybridized carbons (Fsp3) is 0.111. The second kappa shape index (κ2) is 4.99. The molecule has 0 unspecified atom stereocenters. The van der Waals surface area contributed by atoms with Crippen molar-refractivity contribution in [1.82, 2.24) is 14.8 Å². The molecule has 2 rings (SSSR count). The Morgan fingerprint density at radius 2 is 2.21 bits per heavy atom. The molecule has 0 radical (unpaired) electrons. The summed E-state index contributed by atoms with van der Waals surface area (Å²) < 4.78 is 28.5. The maximum Gasteiger partial charge on any atom is 0.267 e. The quantitative estimate of drug-likeness (QED) is 0.803. The summed E-state index contributed by atoms with van der Waals surface area (Å²) in [6, 6.07) is 1.50. The topological polar surface area (TPSA) is 103 Å². The summed E-state index contributed by atoms with van der Waals surface area (Å²) in [4.78, 5) is 3.70. The highest BCUT2D eigenvalue weighted by Crippen LogP contribution is 2.26. The third-order valence-electron chi connectivity index (χ3n) is 2.16. The van der Waals surface area contributed by atoms with Crippen LogP contribution in [0.1, 0.15) is 0 Å². The van der Waals surface area contributed by atoms with Gasteiger partial charge >= 0.3 is 0 Å². The van der Waals surface area contributed by atoms with Crippen molar-refractivity contribution in [1.29, 1.82) is 0 Å². The van der Waals surface area contributed by atoms with Crippen LogP contribution in [0.4, 0.5) is 11.5 Å². The molecule has 19 heavy (non-hydrogen) atoms. The second-order valence-corrected chi connectivity index (χ2v) is 6.57. The van der Waals surface area contributed by atoms with Crippen LogP contribution in [-0.4, -0.2) is 23.2 Å². The van der Waals surface area contributed by atoms with Crippen molar-refractivity contribution in [3.05, 3.63) is 28.1 Å². The standard InChI is InChI=1S/C9H9BrClN5O2S/c1-16-4-7(9(12)14-16)19(17,18)15-6-2-5(10)3-13-8(6)11/h2-4,15H,1H3,(H2,12,14). The molecule has 2 aromatic rings. The highest BCUT2D eigenvalue weighted by Gasteiger charge is 2.22. The molecular weight excluding hydrogens is 358 g/mol. The van der Waals surface area contributed by atoms with Gasteiger partial charge < -0.3 is 5.73 Å². The van der Waals surface area contributed by atoms with Crippen LogP contribution < -0.4 is 10.5 Å². The number of sulfonamides is 1. The largest absolute Gasteiger partial charge is 0.381 e. The van der Waals surface area contributed by atoms with Crippen molar-refractivity contribution in [2.45, 2.75) is 4.90 Å². The van der Waals surface area contributed by atoms with Crippen molar-refractivity contribution in [2.24, 2.45) is 7.05 Å². The molecule has 102 valence electrons. The Bertz CT molecular complexity index is 730. The molecule has 0 aromatic carbocycles. The number of aryl methyl sites for hydroxylation is 1. The molecule has 0 atom stereocenters. The molecule has 0 spiro atoms. The highest BCUT2D eigenvalue weighted by atomic mass is 79.9. The average Bonchev–Trinajstić information content (AvgIpc) is 2.63. The molecule has 0 amide bonds. The van der Waals surface area contributed by atoms with Gasteiger partial charge in [-0.2, -0.15) is 5.10 Å². The molecule has 0 saturated carbocycles. The summed E-state index contributed by atoms with van der Waals surface area (Å²) in [6.45, 7) is 0. The molecule has 2 heterocycles. The van der Waals surface area contributed by atoms with Crippen LogP contribution in [0.3, 0.4) is 0 Å². The zero-order valence-corrected chi connectivity index (χ0v) is 12.8. The Hall–Kier alpha value is -1.32. The third kappa shape index (κ3) is 2.99. The third-order valence-corrected chi connectivity index (χ3v) is 4.28. The zero-order chi connectivity index (χ0) is 14.2. The first kappa shape index (κ1) is 14.1. The van der Waals surface area contributed by atoms with Gasteiger partial charge in [-0.15, -0.1) is 0 Å². The van der Waals surface area contributed by atoms with Gasteiger partial charge in [0.2, 0.25) is 0 Å². The number of rotatable bonds is 3. The molecule has 3 N–H and O–H groups in total. The molecule has 0 bridgehead atoms. The number of anilines is 2. The number of nitrogens with zero attached hydrogens (tertiary/aromatic N) is 3. The maximum absolute atomic E-state index is 12.2. The number of nitrogen functional groups attached to an aromatic ring is 1. The first-order chi connectivity index (χ1) is 8.79. The lowest BCUT2D eigenvalue weighted by atomic mass is 10.4. The van der Waals surface area contributed by atoms with Crippen molar-refractivity contribution in [2.75, 3.05) is 10.5 Å². The van der Waals surface area contributed by atoms with Gasteiger partial charge in [0.15, 0.2) is 11.0 Å². The number of hydrogen-bond acceptors (Lipinski definition) is 5. The number of hydrogen-bond donors (Lipinski definition) is 2. The molecule has 0 aliphatic heterocycles. The van der Waals surface area contributed by atoms with E-state index < -0.39 is 10.0 Å². The van der Waals surface area contributed by atoms with Crippen molar-refractivity contribution < 1.29 is 8.42 Å². The van der Waals surface area contributed by atoms with Gasteiger partial charge in [-0.25, -0.2) is 13.4 Å². The van der Waals surface area contributed by atoms with Gasteiger partial charge in [-0.05, 0) is 22.0 Å². The minimum atomic E-state index is -3.87. The maximum atomic E-state index is 12.2. The van der Waals surface area contributed by atoms with Crippen molar-refractivity contribution in [3.8, 4) is 0 Å². The van der Waals surface area contributed by atoms with Crippen LogP contribution in [0.5, 0.6) is 0 Å². The lowest BCUT2D eigenvalue weighted by Gasteiger charge is -2.08. The Morgan fingerprint density at radius 1 is 1.53 bits per heavy atom. The van der Waals surface area contributed by atoms with Crippen molar-refractivity contribution in [3.63, 3.8) is 0 Å². The Labute approximate surface area is 123 Å². The Kier molecular flexibility index (Phi) is 3.70. The van der Waals surface area contributed by atoms with Crippen LogP contribution in [0.25, 0.3) is 0 Å². The van der Waals surface area contributed by atoms with E-state index in [4.69, 9.17) is 17.3 Å². The number of nitrogens with one attached hydrogen (secondary N) is 1. The van der Waals surface area contributed by atoms with Gasteiger partial charge in [0.25, 0.3) is 10.0 Å². The molecule has 0 saturated heterocycles. The Morgan fingerprint density at radius 3 is 2.79 bits per heavy atom. The van der Waals surface area contributed by atoms with E-state index in [1.807, 2.05) is 0 Å². The van der Waals surface area contributed by atoms with E-state index in [-0.39, 0.29) is 21.6 Å². The first-order valence-corrected chi connectivity index (χ1v) is 7.58. The number of pyridine rings is 1. The van der Waals surface area contributed by atoms with Crippen LogP contribution in [0, 0.1) is 0 Å². The SMILES string of the molecule is Cn1cc(S(=O)(=O)Nc2cc(Br)cnc2Cl)c(N)n1. The molecule has 10 heteroatoms. The molecule has 0 aliphatic rings. The van der Waals surface area contributed by atoms with E-state index in [0.717, 1.165) is 0 Å². The smallest absolute Gasteiger partial charge is 0.267 e. The summed E-state index contributed by atoms with van der Waals surface area (Å²) in [5.41, 5.74) is 5.69. The summed E-state index contributed by atoms with van der Waals surface area (Å²) in [7, 11) is -2.29. The summed E-state index contributed by atoms with van der Waals surface area (Å²) in [5, 5.41) is 3.81. The minimum Gasteiger partial charge on any atom is -0.381 e. The van der Waals surface area contributed by atoms with E-state index in [2.05, 4.69) is 30.7 Å². The zero-order valence-electron chi connectivity index (χ0n) is 9.63. The van der Waals surface area contributed by atoms with Gasteiger partial charge in [0.1, 0.15) is 4.90 Å². The fourth-order valence-electron chi connectivity index (χ4n) is 1.38. The predicted octanol–water partition coefficient (Wildman–Crippen LogP) is 1.61. The minimum absolute atomic E-state index is 0.0363. The highest BCUT2D eigenvalue weighted by molar-refractivity contribution is 9.10. The molecule has 0 aliphatic carbocycles. The van der Waals surface area contributed by atoms with Crippen LogP contribution in [-0.2, 0) is 17.1 Å². The summed E-state index contributed by atoms with van der Waals surface area (Å²) in [5.74, 6) is -0.0888. The second-order valence-electron chi connectivity index (χ2n) is 3.65. The number of aromatic nitrogens is 3. The van der Waals surface area contributed by atoms with E-state index in [9.17, 15) is 8.42 Å². The molecule has 7 nitrogen and oxygen atoms in total. The predicted molar refractivity (Wildman–Crippen MR) is 75.4 cm³/mol. The van der Waals surface area contributed by atoms with E-state index in [0.29, 0.717) is 4.47 Å². The monoisotopic (exact) mass is 365 g/mol. The van der Waals surface area contributed by atoms with Crippen LogP contribution in [0.2, 0.25) is 5.15 Å². The van der Waals surface area contributed by atoms with Gasteiger partial charge in [0, 0.05) is 23.9 Å². The van der Waals surface area contributed by atoms with E-state index in [1.165, 1.54) is 23.1 Å². The van der Waals surface area contributed by atoms with E-state index in [1.54, 1.807) is 7.05 Å². The lowest BCUT2D eigenvalue weighted by Crippen LogP contribution is -2.14. The van der Waals surface area contributed by atoms with Gasteiger partial charge in [-0.3, -0.25) is 9.40 Å². The summed E-state index contributed by atoms with van der Waals surface area (Å²) in [6.07, 6.45) is 2.76. The number of halogens is 2. The van der Waals surface area contributed by atoms with Gasteiger partial charge in [-0.1, -0.05) is 11.6 Å². The fourth-order valence-corrected chi connectivity index (χ4v) is 3.09. The first-order valence-electron chi connectivity index (χ1n) is 4.92. The van der Waals surface area contributed by atoms with Crippen LogP contribution >= 0.6 is 27.5 Å². The lowest BCUT2D eigenvalue weighted by molar-refractivity contribution is 0.601. The van der Waals surface area contributed by atoms with Crippen LogP contribution in [0.15, 0.2) is 27.8 Å². The average molecular weight is 367 g/mol.